The van der Waals surface area contributed by atoms with Crippen LogP contribution in [-0.2, 0) is 0 Å². The van der Waals surface area contributed by atoms with Crippen molar-refractivity contribution in [2.75, 3.05) is 0 Å². The van der Waals surface area contributed by atoms with Gasteiger partial charge in [0.25, 0.3) is 5.56 Å². The van der Waals surface area contributed by atoms with Crippen LogP contribution in [0.4, 0.5) is 5.69 Å². The molecule has 2 N–H and O–H groups in total. The van der Waals surface area contributed by atoms with Crippen LogP contribution in [0.5, 0.6) is 17.4 Å². The van der Waals surface area contributed by atoms with Crippen LogP contribution in [0.25, 0.3) is 17.3 Å². The van der Waals surface area contributed by atoms with Gasteiger partial charge < -0.3 is 9.84 Å². The second-order valence-corrected chi connectivity index (χ2v) is 9.02. The second-order valence-electron chi connectivity index (χ2n) is 7.36. The first-order valence-corrected chi connectivity index (χ1v) is 11.7. The van der Waals surface area contributed by atoms with Gasteiger partial charge in [-0.15, -0.1) is 0 Å². The van der Waals surface area contributed by atoms with Crippen molar-refractivity contribution in [3.8, 4) is 23.1 Å². The van der Waals surface area contributed by atoms with Gasteiger partial charge in [0, 0.05) is 15.6 Å². The van der Waals surface area contributed by atoms with Crippen LogP contribution in [0.15, 0.2) is 87.1 Å². The number of aromatic hydroxyl groups is 1. The highest BCUT2D eigenvalue weighted by Crippen LogP contribution is 2.39. The van der Waals surface area contributed by atoms with E-state index in [9.17, 15) is 9.90 Å². The molecule has 0 fully saturated rings. The van der Waals surface area contributed by atoms with Crippen LogP contribution in [-0.4, -0.2) is 19.8 Å². The van der Waals surface area contributed by atoms with Crippen molar-refractivity contribution in [2.45, 2.75) is 0 Å². The normalized spacial score (nSPS) is 13.6. The van der Waals surface area contributed by atoms with Gasteiger partial charge in [-0.3, -0.25) is 14.3 Å². The summed E-state index contributed by atoms with van der Waals surface area (Å²) in [6.07, 6.45) is 1.51. The fourth-order valence-corrected chi connectivity index (χ4v) is 4.46. The molecule has 1 aromatic heterocycles. The minimum absolute atomic E-state index is 0.0114. The van der Waals surface area contributed by atoms with E-state index in [1.54, 1.807) is 24.3 Å². The molecule has 0 aliphatic carbocycles. The fraction of sp³-hybridized carbons (Fsp3) is 0. The lowest BCUT2D eigenvalue weighted by Crippen LogP contribution is -2.16. The molecular weight excluding hydrogens is 538 g/mol. The Bertz CT molecular complexity index is 1590. The number of hydrogen-bond acceptors (Lipinski definition) is 5. The van der Waals surface area contributed by atoms with Gasteiger partial charge in [0.2, 0.25) is 5.88 Å². The minimum atomic E-state index is -0.537. The molecule has 3 aromatic carbocycles. The van der Waals surface area contributed by atoms with E-state index < -0.39 is 5.56 Å². The summed E-state index contributed by atoms with van der Waals surface area (Å²) in [7, 11) is 0. The zero-order chi connectivity index (χ0) is 23.8. The van der Waals surface area contributed by atoms with Crippen molar-refractivity contribution in [1.29, 1.82) is 0 Å². The largest absolute Gasteiger partial charge is 0.494 e. The topological polar surface area (TPSA) is 79.6 Å². The minimum Gasteiger partial charge on any atom is -0.494 e. The lowest BCUT2D eigenvalue weighted by Gasteiger charge is -2.13. The van der Waals surface area contributed by atoms with Gasteiger partial charge in [-0.1, -0.05) is 51.8 Å². The molecule has 168 valence electrons. The summed E-state index contributed by atoms with van der Waals surface area (Å²) in [6, 6.07) is 21.9. The number of H-pyrrole nitrogens is 1. The summed E-state index contributed by atoms with van der Waals surface area (Å²) in [6.45, 7) is 0. The van der Waals surface area contributed by atoms with Gasteiger partial charge in [-0.25, -0.2) is 4.99 Å². The van der Waals surface area contributed by atoms with Gasteiger partial charge in [-0.2, -0.15) is 0 Å². The number of rotatable bonds is 4. The van der Waals surface area contributed by atoms with Gasteiger partial charge in [0.05, 0.1) is 11.4 Å². The third-order valence-electron chi connectivity index (χ3n) is 5.17. The maximum absolute atomic E-state index is 12.7. The van der Waals surface area contributed by atoms with E-state index in [1.807, 2.05) is 48.5 Å². The number of fused-ring (bicyclic) bond motifs is 1. The van der Waals surface area contributed by atoms with E-state index in [0.717, 1.165) is 10.0 Å². The smallest absolute Gasteiger partial charge is 0.262 e. The molecule has 0 saturated carbocycles. The summed E-state index contributed by atoms with van der Waals surface area (Å²) in [4.78, 5) is 19.7. The molecule has 0 amide bonds. The maximum atomic E-state index is 12.7. The number of hydrogen-bond donors (Lipinski definition) is 2. The van der Waals surface area contributed by atoms with Gasteiger partial charge in [0.15, 0.2) is 4.77 Å². The van der Waals surface area contributed by atoms with E-state index in [-0.39, 0.29) is 21.4 Å². The maximum Gasteiger partial charge on any atom is 0.262 e. The van der Waals surface area contributed by atoms with Gasteiger partial charge in [-0.05, 0) is 66.8 Å². The molecule has 4 aromatic rings. The standard InChI is InChI=1S/C25H15BrClN3O3S/c26-14-6-11-18-19(22(27)28-21(18)12-14)13-20-23(31)29-25(34)30(24(20)32)15-7-9-17(10-8-15)33-16-4-2-1-3-5-16/h1-13,32H,(H,29,31,34). The SMILES string of the molecule is O=c1[nH]c(=S)n(-c2ccc(Oc3ccccc3)cc2)c(O)c1C=C1C(Cl)=Nc2cc(Br)ccc21. The molecule has 0 saturated heterocycles. The molecule has 6 nitrogen and oxygen atoms in total. The van der Waals surface area contributed by atoms with Crippen molar-refractivity contribution in [3.05, 3.63) is 104 Å². The molecule has 0 unspecified atom stereocenters. The average molecular weight is 553 g/mol. The molecule has 2 heterocycles. The van der Waals surface area contributed by atoms with Crippen LogP contribution >= 0.6 is 39.7 Å². The van der Waals surface area contributed by atoms with Crippen LogP contribution in [0.1, 0.15) is 11.1 Å². The first kappa shape index (κ1) is 22.3. The molecule has 1 aliphatic heterocycles. The number of aromatic amines is 1. The summed E-state index contributed by atoms with van der Waals surface area (Å²) >= 11 is 15.1. The summed E-state index contributed by atoms with van der Waals surface area (Å²) < 4.78 is 8.10. The second kappa shape index (κ2) is 9.06. The van der Waals surface area contributed by atoms with E-state index in [2.05, 4.69) is 25.9 Å². The average Bonchev–Trinajstić information content (AvgIpc) is 3.12. The van der Waals surface area contributed by atoms with Crippen LogP contribution < -0.4 is 10.3 Å². The highest BCUT2D eigenvalue weighted by atomic mass is 79.9. The molecule has 0 spiro atoms. The monoisotopic (exact) mass is 551 g/mol. The third-order valence-corrected chi connectivity index (χ3v) is 6.24. The highest BCUT2D eigenvalue weighted by molar-refractivity contribution is 9.10. The fourth-order valence-electron chi connectivity index (χ4n) is 3.58. The van der Waals surface area contributed by atoms with E-state index in [0.29, 0.717) is 28.4 Å². The Kier molecular flexibility index (Phi) is 5.95. The lowest BCUT2D eigenvalue weighted by atomic mass is 10.0. The molecule has 1 aliphatic rings. The van der Waals surface area contributed by atoms with E-state index in [1.165, 1.54) is 10.6 Å². The Labute approximate surface area is 212 Å². The van der Waals surface area contributed by atoms with Crippen molar-refractivity contribution in [2.24, 2.45) is 4.99 Å². The molecule has 0 bridgehead atoms. The molecule has 0 atom stereocenters. The molecule has 5 rings (SSSR count). The number of para-hydroxylation sites is 1. The third kappa shape index (κ3) is 4.23. The predicted molar refractivity (Wildman–Crippen MR) is 140 cm³/mol. The predicted octanol–water partition coefficient (Wildman–Crippen LogP) is 6.98. The zero-order valence-corrected chi connectivity index (χ0v) is 20.5. The van der Waals surface area contributed by atoms with Crippen LogP contribution in [0.2, 0.25) is 0 Å². The van der Waals surface area contributed by atoms with Crippen LogP contribution in [0, 0.1) is 4.77 Å². The Balaban J connectivity index is 1.55. The number of halogens is 2. The number of allylic oxidation sites excluding steroid dienone is 1. The van der Waals surface area contributed by atoms with Crippen molar-refractivity contribution in [3.63, 3.8) is 0 Å². The van der Waals surface area contributed by atoms with Crippen molar-refractivity contribution < 1.29 is 9.84 Å². The number of benzene rings is 3. The number of nitrogens with zero attached hydrogens (tertiary/aromatic N) is 2. The number of aliphatic imine (C=N–C) groups is 1. The number of nitrogens with one attached hydrogen (secondary N) is 1. The van der Waals surface area contributed by atoms with Crippen LogP contribution in [0.3, 0.4) is 0 Å². The van der Waals surface area contributed by atoms with Crippen molar-refractivity contribution in [1.82, 2.24) is 9.55 Å². The first-order chi connectivity index (χ1) is 16.4. The Hall–Kier alpha value is -3.46. The lowest BCUT2D eigenvalue weighted by molar-refractivity contribution is 0.431. The molecular formula is C25H15BrClN3O3S. The van der Waals surface area contributed by atoms with Gasteiger partial charge >= 0.3 is 0 Å². The van der Waals surface area contributed by atoms with E-state index >= 15 is 0 Å². The summed E-state index contributed by atoms with van der Waals surface area (Å²) in [5, 5.41) is 11.3. The Morgan fingerprint density at radius 1 is 1.06 bits per heavy atom. The zero-order valence-electron chi connectivity index (χ0n) is 17.3. The van der Waals surface area contributed by atoms with Gasteiger partial charge in [0.1, 0.15) is 22.2 Å². The quantitative estimate of drug-likeness (QED) is 0.268. The first-order valence-electron chi connectivity index (χ1n) is 10.1. The summed E-state index contributed by atoms with van der Waals surface area (Å²) in [5.41, 5.74) is 1.98. The number of ether oxygens (including phenoxy) is 1. The van der Waals surface area contributed by atoms with E-state index in [4.69, 9.17) is 28.6 Å². The molecule has 0 radical (unpaired) electrons. The molecule has 34 heavy (non-hydrogen) atoms. The highest BCUT2D eigenvalue weighted by Gasteiger charge is 2.22. The van der Waals surface area contributed by atoms with Crippen molar-refractivity contribution >= 4 is 62.3 Å². The number of aromatic nitrogens is 2. The Morgan fingerprint density at radius 2 is 1.76 bits per heavy atom. The Morgan fingerprint density at radius 3 is 2.50 bits per heavy atom. The summed E-state index contributed by atoms with van der Waals surface area (Å²) in [5.74, 6) is 1.01. The molecule has 9 heteroatoms.